The van der Waals surface area contributed by atoms with E-state index in [4.69, 9.17) is 0 Å². The Morgan fingerprint density at radius 2 is 2.07 bits per heavy atom. The Morgan fingerprint density at radius 1 is 1.24 bits per heavy atom. The van der Waals surface area contributed by atoms with Gasteiger partial charge in [-0.25, -0.2) is 9.97 Å². The largest absolute Gasteiger partial charge is 0.352 e. The number of nitrogens with one attached hydrogen (secondary N) is 1. The van der Waals surface area contributed by atoms with Crippen molar-refractivity contribution >= 4 is 23.0 Å². The number of carbonyl (C=O) groups excluding carboxylic acids is 2. The summed E-state index contributed by atoms with van der Waals surface area (Å²) in [6, 6.07) is 12.3. The maximum absolute atomic E-state index is 12.5. The Morgan fingerprint density at radius 3 is 2.83 bits per heavy atom. The van der Waals surface area contributed by atoms with Gasteiger partial charge in [-0.1, -0.05) is 30.3 Å². The van der Waals surface area contributed by atoms with Crippen LogP contribution < -0.4 is 5.32 Å². The molecule has 1 saturated heterocycles. The van der Waals surface area contributed by atoms with E-state index in [1.165, 1.54) is 5.56 Å². The molecule has 1 fully saturated rings. The Kier molecular flexibility index (Phi) is 5.55. The standard InChI is InChI=1S/C22H25N5O2/c1-26-18(7-8-20(26)28)9-11-23-22(29)17-13-19-21(24-14-17)27(15-25-19)12-10-16-5-3-2-4-6-16/h2-6,13-15,18H,7-12H2,1H3,(H,23,29). The summed E-state index contributed by atoms with van der Waals surface area (Å²) in [6.45, 7) is 1.32. The van der Waals surface area contributed by atoms with Crippen molar-refractivity contribution < 1.29 is 9.59 Å². The molecule has 4 rings (SSSR count). The number of likely N-dealkylation sites (tertiary alicyclic amines) is 1. The summed E-state index contributed by atoms with van der Waals surface area (Å²) in [4.78, 5) is 34.7. The Bertz CT molecular complexity index is 1010. The zero-order valence-corrected chi connectivity index (χ0v) is 16.5. The molecule has 7 heteroatoms. The SMILES string of the molecule is CN1C(=O)CCC1CCNC(=O)c1cnc2c(c1)ncn2CCc1ccccc1. The number of amides is 2. The zero-order chi connectivity index (χ0) is 20.2. The van der Waals surface area contributed by atoms with Gasteiger partial charge in [0.05, 0.1) is 11.9 Å². The first-order valence-electron chi connectivity index (χ1n) is 10.0. The lowest BCUT2D eigenvalue weighted by Crippen LogP contribution is -2.33. The van der Waals surface area contributed by atoms with E-state index in [9.17, 15) is 9.59 Å². The van der Waals surface area contributed by atoms with E-state index < -0.39 is 0 Å². The molecule has 1 N–H and O–H groups in total. The average Bonchev–Trinajstić information content (AvgIpc) is 3.30. The monoisotopic (exact) mass is 391 g/mol. The van der Waals surface area contributed by atoms with Crippen molar-refractivity contribution in [2.75, 3.05) is 13.6 Å². The Balaban J connectivity index is 1.35. The van der Waals surface area contributed by atoms with Crippen molar-refractivity contribution in [2.24, 2.45) is 0 Å². The molecule has 2 amide bonds. The predicted molar refractivity (Wildman–Crippen MR) is 110 cm³/mol. The molecule has 1 atom stereocenters. The van der Waals surface area contributed by atoms with Crippen LogP contribution in [0.5, 0.6) is 0 Å². The molecule has 7 nitrogen and oxygen atoms in total. The van der Waals surface area contributed by atoms with Gasteiger partial charge < -0.3 is 14.8 Å². The summed E-state index contributed by atoms with van der Waals surface area (Å²) in [6.07, 6.45) is 6.49. The highest BCUT2D eigenvalue weighted by molar-refractivity contribution is 5.96. The minimum Gasteiger partial charge on any atom is -0.352 e. The lowest BCUT2D eigenvalue weighted by Gasteiger charge is -2.19. The fourth-order valence-electron chi connectivity index (χ4n) is 3.79. The quantitative estimate of drug-likeness (QED) is 0.671. The molecule has 2 aromatic heterocycles. The Labute approximate surface area is 169 Å². The van der Waals surface area contributed by atoms with Gasteiger partial charge in [0.15, 0.2) is 5.65 Å². The van der Waals surface area contributed by atoms with Gasteiger partial charge in [-0.2, -0.15) is 0 Å². The third kappa shape index (κ3) is 4.29. The molecule has 150 valence electrons. The molecule has 0 aliphatic carbocycles. The maximum Gasteiger partial charge on any atom is 0.252 e. The van der Waals surface area contributed by atoms with Crippen LogP contribution in [0.3, 0.4) is 0 Å². The van der Waals surface area contributed by atoms with Crippen LogP contribution in [-0.4, -0.2) is 50.9 Å². The van der Waals surface area contributed by atoms with Gasteiger partial charge in [0, 0.05) is 38.8 Å². The van der Waals surface area contributed by atoms with Crippen LogP contribution in [0.1, 0.15) is 35.2 Å². The van der Waals surface area contributed by atoms with Gasteiger partial charge in [-0.05, 0) is 30.9 Å². The second-order valence-corrected chi connectivity index (χ2v) is 7.48. The predicted octanol–water partition coefficient (Wildman–Crippen LogP) is 2.41. The summed E-state index contributed by atoms with van der Waals surface area (Å²) in [5.74, 6) is 0.0176. The van der Waals surface area contributed by atoms with Crippen LogP contribution in [0.15, 0.2) is 48.9 Å². The number of aromatic nitrogens is 3. The number of pyridine rings is 1. The van der Waals surface area contributed by atoms with Crippen molar-refractivity contribution in [1.29, 1.82) is 0 Å². The number of hydrogen-bond donors (Lipinski definition) is 1. The summed E-state index contributed by atoms with van der Waals surface area (Å²) in [5, 5.41) is 2.93. The van der Waals surface area contributed by atoms with Crippen molar-refractivity contribution in [3.63, 3.8) is 0 Å². The van der Waals surface area contributed by atoms with Crippen LogP contribution in [0.4, 0.5) is 0 Å². The van der Waals surface area contributed by atoms with Crippen molar-refractivity contribution in [1.82, 2.24) is 24.8 Å². The van der Waals surface area contributed by atoms with Gasteiger partial charge in [-0.3, -0.25) is 9.59 Å². The number of fused-ring (bicyclic) bond motifs is 1. The number of hydrogen-bond acceptors (Lipinski definition) is 4. The molecule has 0 saturated carbocycles. The third-order valence-electron chi connectivity index (χ3n) is 5.60. The van der Waals surface area contributed by atoms with Crippen LogP contribution in [0, 0.1) is 0 Å². The molecule has 1 aliphatic heterocycles. The molecule has 1 unspecified atom stereocenters. The van der Waals surface area contributed by atoms with Gasteiger partial charge in [0.2, 0.25) is 5.91 Å². The van der Waals surface area contributed by atoms with Gasteiger partial charge in [0.1, 0.15) is 5.52 Å². The van der Waals surface area contributed by atoms with E-state index in [0.717, 1.165) is 31.5 Å². The van der Waals surface area contributed by atoms with Gasteiger partial charge >= 0.3 is 0 Å². The molecule has 0 radical (unpaired) electrons. The lowest BCUT2D eigenvalue weighted by atomic mass is 10.1. The van der Waals surface area contributed by atoms with Gasteiger partial charge in [-0.15, -0.1) is 0 Å². The lowest BCUT2D eigenvalue weighted by molar-refractivity contribution is -0.127. The highest BCUT2D eigenvalue weighted by Gasteiger charge is 2.27. The summed E-state index contributed by atoms with van der Waals surface area (Å²) in [7, 11) is 1.83. The van der Waals surface area contributed by atoms with Crippen LogP contribution >= 0.6 is 0 Å². The fraction of sp³-hybridized carbons (Fsp3) is 0.364. The number of nitrogens with zero attached hydrogens (tertiary/aromatic N) is 4. The fourth-order valence-corrected chi connectivity index (χ4v) is 3.79. The number of imidazole rings is 1. The Hall–Kier alpha value is -3.22. The highest BCUT2D eigenvalue weighted by Crippen LogP contribution is 2.19. The van der Waals surface area contributed by atoms with Crippen molar-refractivity contribution in [3.8, 4) is 0 Å². The summed E-state index contributed by atoms with van der Waals surface area (Å²) in [5.41, 5.74) is 3.26. The van der Waals surface area contributed by atoms with Crippen molar-refractivity contribution in [3.05, 3.63) is 60.0 Å². The molecule has 0 bridgehead atoms. The molecule has 1 aliphatic rings. The smallest absolute Gasteiger partial charge is 0.252 e. The topological polar surface area (TPSA) is 80.1 Å². The highest BCUT2D eigenvalue weighted by atomic mass is 16.2. The van der Waals surface area contributed by atoms with Crippen molar-refractivity contribution in [2.45, 2.75) is 38.3 Å². The van der Waals surface area contributed by atoms with E-state index in [1.54, 1.807) is 23.5 Å². The first-order chi connectivity index (χ1) is 14.1. The number of carbonyl (C=O) groups is 2. The molecule has 1 aromatic carbocycles. The number of aryl methyl sites for hydroxylation is 2. The second kappa shape index (κ2) is 8.43. The van der Waals surface area contributed by atoms with Crippen LogP contribution in [0.25, 0.3) is 11.2 Å². The molecular formula is C22H25N5O2. The normalized spacial score (nSPS) is 16.5. The van der Waals surface area contributed by atoms with E-state index in [-0.39, 0.29) is 17.9 Å². The summed E-state index contributed by atoms with van der Waals surface area (Å²) >= 11 is 0. The van der Waals surface area contributed by atoms with Gasteiger partial charge in [0.25, 0.3) is 5.91 Å². The van der Waals surface area contributed by atoms with E-state index in [2.05, 4.69) is 27.4 Å². The molecule has 0 spiro atoms. The van der Waals surface area contributed by atoms with Crippen LogP contribution in [-0.2, 0) is 17.8 Å². The minimum atomic E-state index is -0.162. The van der Waals surface area contributed by atoms with E-state index in [0.29, 0.717) is 24.0 Å². The van der Waals surface area contributed by atoms with E-state index >= 15 is 0 Å². The number of benzene rings is 1. The third-order valence-corrected chi connectivity index (χ3v) is 5.60. The minimum absolute atomic E-state index is 0.162. The van der Waals surface area contributed by atoms with Crippen LogP contribution in [0.2, 0.25) is 0 Å². The first kappa shape index (κ1) is 19.1. The molecular weight excluding hydrogens is 366 g/mol. The zero-order valence-electron chi connectivity index (χ0n) is 16.5. The molecule has 3 heterocycles. The molecule has 3 aromatic rings. The number of rotatable bonds is 7. The summed E-state index contributed by atoms with van der Waals surface area (Å²) < 4.78 is 2.01. The average molecular weight is 391 g/mol. The first-order valence-corrected chi connectivity index (χ1v) is 10.0. The molecule has 29 heavy (non-hydrogen) atoms. The maximum atomic E-state index is 12.5. The second-order valence-electron chi connectivity index (χ2n) is 7.48. The van der Waals surface area contributed by atoms with E-state index in [1.807, 2.05) is 29.8 Å².